The lowest BCUT2D eigenvalue weighted by Gasteiger charge is -2.37. The number of anilines is 2. The fraction of sp³-hybridized carbons (Fsp3) is 0.174. The predicted octanol–water partition coefficient (Wildman–Crippen LogP) is 4.79. The molecule has 3 aromatic rings. The second kappa shape index (κ2) is 7.70. The quantitative estimate of drug-likeness (QED) is 0.585. The Bertz CT molecular complexity index is 1290. The average molecular weight is 440 g/mol. The van der Waals surface area contributed by atoms with Crippen LogP contribution in [-0.4, -0.2) is 21.6 Å². The van der Waals surface area contributed by atoms with Gasteiger partial charge in [0.05, 0.1) is 25.0 Å². The molecule has 0 bridgehead atoms. The molecule has 8 heteroatoms. The Hall–Kier alpha value is -3.39. The van der Waals surface area contributed by atoms with Crippen molar-refractivity contribution < 1.29 is 22.3 Å². The molecule has 160 valence electrons. The summed E-state index contributed by atoms with van der Waals surface area (Å²) in [4.78, 5) is 14.9. The number of hydrogen-bond donors (Lipinski definition) is 0. The summed E-state index contributed by atoms with van der Waals surface area (Å²) in [5, 5.41) is 0. The normalized spacial score (nSPS) is 15.0. The van der Waals surface area contributed by atoms with Gasteiger partial charge in [-0.1, -0.05) is 30.3 Å². The molecule has 0 spiro atoms. The highest BCUT2D eigenvalue weighted by Gasteiger charge is 2.43. The molecule has 31 heavy (non-hydrogen) atoms. The molecule has 0 fully saturated rings. The van der Waals surface area contributed by atoms with Gasteiger partial charge in [0.15, 0.2) is 11.6 Å². The van der Waals surface area contributed by atoms with Crippen molar-refractivity contribution in [2.45, 2.75) is 25.3 Å². The van der Waals surface area contributed by atoms with Gasteiger partial charge in [-0.15, -0.1) is 0 Å². The smallest absolute Gasteiger partial charge is 0.343 e. The summed E-state index contributed by atoms with van der Waals surface area (Å²) in [5.74, 6) is -0.467. The number of rotatable bonds is 4. The summed E-state index contributed by atoms with van der Waals surface area (Å²) in [6, 6.07) is 15.3. The number of ether oxygens (including phenoxy) is 1. The lowest BCUT2D eigenvalue weighted by Crippen LogP contribution is -2.51. The minimum absolute atomic E-state index is 0.00631. The summed E-state index contributed by atoms with van der Waals surface area (Å²) in [6.07, 6.45) is 0. The number of carbonyl (C=O) groups excluding carboxylic acids is 1. The Morgan fingerprint density at radius 1 is 0.968 bits per heavy atom. The molecule has 1 aliphatic rings. The summed E-state index contributed by atoms with van der Waals surface area (Å²) in [7, 11) is -2.75. The van der Waals surface area contributed by atoms with Gasteiger partial charge in [-0.25, -0.2) is 17.6 Å². The molecule has 0 atom stereocenters. The van der Waals surface area contributed by atoms with Crippen molar-refractivity contribution in [3.8, 4) is 5.75 Å². The molecular formula is C23H21FN2O4S. The first-order valence-electron chi connectivity index (χ1n) is 9.59. The predicted molar refractivity (Wildman–Crippen MR) is 117 cm³/mol. The van der Waals surface area contributed by atoms with Crippen LogP contribution in [-0.2, 0) is 16.6 Å². The summed E-state index contributed by atoms with van der Waals surface area (Å²) in [5.41, 5.74) is 2.53. The zero-order valence-corrected chi connectivity index (χ0v) is 18.1. The molecule has 6 nitrogen and oxygen atoms in total. The van der Waals surface area contributed by atoms with Crippen LogP contribution in [0.4, 0.5) is 20.6 Å². The molecule has 0 radical (unpaired) electrons. The number of sulfonamides is 1. The summed E-state index contributed by atoms with van der Waals surface area (Å²) < 4.78 is 46.8. The van der Waals surface area contributed by atoms with Crippen LogP contribution in [0, 0.1) is 19.7 Å². The van der Waals surface area contributed by atoms with Crippen LogP contribution in [0.25, 0.3) is 0 Å². The number of nitrogens with zero attached hydrogens (tertiary/aromatic N) is 2. The van der Waals surface area contributed by atoms with Crippen molar-refractivity contribution in [3.63, 3.8) is 0 Å². The van der Waals surface area contributed by atoms with E-state index >= 15 is 0 Å². The van der Waals surface area contributed by atoms with Gasteiger partial charge in [0.2, 0.25) is 0 Å². The largest absolute Gasteiger partial charge is 0.494 e. The van der Waals surface area contributed by atoms with E-state index in [1.807, 2.05) is 13.0 Å². The monoisotopic (exact) mass is 440 g/mol. The van der Waals surface area contributed by atoms with Crippen molar-refractivity contribution >= 4 is 27.4 Å². The number of aryl methyl sites for hydroxylation is 2. The maximum atomic E-state index is 14.2. The van der Waals surface area contributed by atoms with E-state index in [0.717, 1.165) is 9.87 Å². The van der Waals surface area contributed by atoms with Gasteiger partial charge in [0.1, 0.15) is 4.90 Å². The molecule has 0 saturated heterocycles. The SMILES string of the molecule is COc1ccc(CN2C(=O)N(c3cc(C)ccc3C)S(=O)(=O)c3ccccc32)cc1F. The molecule has 0 aliphatic carbocycles. The minimum atomic E-state index is -4.12. The standard InChI is InChI=1S/C23H21FN2O4S/c1-15-8-9-16(2)20(12-15)26-23(27)25(14-17-10-11-21(30-3)18(24)13-17)19-6-4-5-7-22(19)31(26,28)29/h4-13H,14H2,1-3H3. The molecule has 1 heterocycles. The van der Waals surface area contributed by atoms with Gasteiger partial charge in [-0.3, -0.25) is 4.90 Å². The molecule has 0 aromatic heterocycles. The number of amides is 2. The topological polar surface area (TPSA) is 66.9 Å². The number of para-hydroxylation sites is 1. The highest BCUT2D eigenvalue weighted by molar-refractivity contribution is 7.94. The van der Waals surface area contributed by atoms with Crippen molar-refractivity contribution in [3.05, 3.63) is 83.2 Å². The van der Waals surface area contributed by atoms with Gasteiger partial charge in [0, 0.05) is 0 Å². The maximum absolute atomic E-state index is 14.2. The van der Waals surface area contributed by atoms with Crippen LogP contribution < -0.4 is 13.9 Å². The Morgan fingerprint density at radius 2 is 1.71 bits per heavy atom. The van der Waals surface area contributed by atoms with Gasteiger partial charge in [0.25, 0.3) is 10.0 Å². The van der Waals surface area contributed by atoms with Crippen LogP contribution in [0.1, 0.15) is 16.7 Å². The van der Waals surface area contributed by atoms with Crippen LogP contribution in [0.15, 0.2) is 65.6 Å². The van der Waals surface area contributed by atoms with Crippen LogP contribution in [0.3, 0.4) is 0 Å². The molecule has 0 N–H and O–H groups in total. The van der Waals surface area contributed by atoms with E-state index in [9.17, 15) is 17.6 Å². The molecule has 2 amide bonds. The Balaban J connectivity index is 1.87. The van der Waals surface area contributed by atoms with E-state index in [4.69, 9.17) is 4.74 Å². The van der Waals surface area contributed by atoms with Gasteiger partial charge < -0.3 is 4.74 Å². The first-order chi connectivity index (χ1) is 14.7. The number of carbonyl (C=O) groups is 1. The zero-order valence-electron chi connectivity index (χ0n) is 17.3. The third-order valence-corrected chi connectivity index (χ3v) is 6.95. The summed E-state index contributed by atoms with van der Waals surface area (Å²) in [6.45, 7) is 3.57. The van der Waals surface area contributed by atoms with E-state index in [1.54, 1.807) is 43.3 Å². The molecule has 0 unspecified atom stereocenters. The van der Waals surface area contributed by atoms with Crippen molar-refractivity contribution in [1.29, 1.82) is 0 Å². The fourth-order valence-corrected chi connectivity index (χ4v) is 5.28. The van der Waals surface area contributed by atoms with Crippen LogP contribution in [0.5, 0.6) is 5.75 Å². The third-order valence-electron chi connectivity index (χ3n) is 5.22. The lowest BCUT2D eigenvalue weighted by molar-refractivity contribution is 0.253. The number of urea groups is 1. The number of benzene rings is 3. The van der Waals surface area contributed by atoms with Crippen LogP contribution in [0.2, 0.25) is 0 Å². The average Bonchev–Trinajstić information content (AvgIpc) is 2.74. The van der Waals surface area contributed by atoms with E-state index < -0.39 is 21.9 Å². The minimum Gasteiger partial charge on any atom is -0.494 e. The Labute approximate surface area is 180 Å². The third kappa shape index (κ3) is 3.53. The van der Waals surface area contributed by atoms with Crippen molar-refractivity contribution in [2.75, 3.05) is 16.3 Å². The number of fused-ring (bicyclic) bond motifs is 1. The van der Waals surface area contributed by atoms with E-state index in [0.29, 0.717) is 16.8 Å². The summed E-state index contributed by atoms with van der Waals surface area (Å²) >= 11 is 0. The number of halogens is 1. The Kier molecular flexibility index (Phi) is 5.18. The molecule has 4 rings (SSSR count). The van der Waals surface area contributed by atoms with Gasteiger partial charge >= 0.3 is 6.03 Å². The number of methoxy groups -OCH3 is 1. The van der Waals surface area contributed by atoms with Gasteiger partial charge in [-0.05, 0) is 60.9 Å². The maximum Gasteiger partial charge on any atom is 0.343 e. The van der Waals surface area contributed by atoms with Gasteiger partial charge in [-0.2, -0.15) is 4.31 Å². The number of hydrogen-bond acceptors (Lipinski definition) is 4. The molecule has 1 aliphatic heterocycles. The van der Waals surface area contributed by atoms with E-state index in [2.05, 4.69) is 0 Å². The Morgan fingerprint density at radius 3 is 2.42 bits per heavy atom. The molecular weight excluding hydrogens is 419 g/mol. The highest BCUT2D eigenvalue weighted by Crippen LogP contribution is 2.39. The van der Waals surface area contributed by atoms with E-state index in [-0.39, 0.29) is 22.9 Å². The zero-order chi connectivity index (χ0) is 22.3. The molecule has 3 aromatic carbocycles. The first-order valence-corrected chi connectivity index (χ1v) is 11.0. The fourth-order valence-electron chi connectivity index (χ4n) is 3.63. The highest BCUT2D eigenvalue weighted by atomic mass is 32.2. The van der Waals surface area contributed by atoms with Crippen molar-refractivity contribution in [2.24, 2.45) is 0 Å². The lowest BCUT2D eigenvalue weighted by atomic mass is 10.1. The van der Waals surface area contributed by atoms with Crippen LogP contribution >= 0.6 is 0 Å². The van der Waals surface area contributed by atoms with Crippen molar-refractivity contribution in [1.82, 2.24) is 0 Å². The first kappa shape index (κ1) is 20.9. The second-order valence-corrected chi connectivity index (χ2v) is 9.12. The molecule has 0 saturated carbocycles. The second-order valence-electron chi connectivity index (χ2n) is 7.36. The van der Waals surface area contributed by atoms with E-state index in [1.165, 1.54) is 30.2 Å².